The van der Waals surface area contributed by atoms with Crippen LogP contribution in [0.2, 0.25) is 0 Å². The average molecular weight is 280 g/mol. The van der Waals surface area contributed by atoms with Crippen molar-refractivity contribution in [2.75, 3.05) is 0 Å². The van der Waals surface area contributed by atoms with Crippen molar-refractivity contribution in [3.63, 3.8) is 0 Å². The van der Waals surface area contributed by atoms with Gasteiger partial charge in [0.1, 0.15) is 5.60 Å². The summed E-state index contributed by atoms with van der Waals surface area (Å²) in [4.78, 5) is 12.2. The molecule has 0 unspecified atom stereocenters. The topological polar surface area (TPSA) is 52.3 Å². The molecular formula is C11H22BrNO2. The first kappa shape index (κ1) is 15.1. The van der Waals surface area contributed by atoms with Crippen LogP contribution >= 0.6 is 16.3 Å². The van der Waals surface area contributed by atoms with E-state index in [2.05, 4.69) is 16.3 Å². The molecule has 0 spiro atoms. The second kappa shape index (κ2) is 4.52. The summed E-state index contributed by atoms with van der Waals surface area (Å²) >= 11 is 2.89. The van der Waals surface area contributed by atoms with Crippen molar-refractivity contribution >= 4 is 22.0 Å². The highest BCUT2D eigenvalue weighted by atomic mass is 79.9. The zero-order valence-corrected chi connectivity index (χ0v) is 12.1. The number of Topliss-reactive ketones (excluding diaryl/α,β-unsaturated/α-hetero) is 1. The summed E-state index contributed by atoms with van der Waals surface area (Å²) in [5, 5.41) is 0. The maximum absolute atomic E-state index is 12.2. The van der Waals surface area contributed by atoms with Crippen LogP contribution in [0.25, 0.3) is 0 Å². The number of halogens is 1. The molecular weight excluding hydrogens is 258 g/mol. The number of ketones is 1. The Kier molecular flexibility index (Phi) is 4.54. The van der Waals surface area contributed by atoms with Crippen LogP contribution in [-0.4, -0.2) is 16.9 Å². The Balaban J connectivity index is 4.82. The summed E-state index contributed by atoms with van der Waals surface area (Å²) in [5.41, 5.74) is 4.26. The lowest BCUT2D eigenvalue weighted by molar-refractivity contribution is -0.140. The molecule has 15 heavy (non-hydrogen) atoms. The van der Waals surface area contributed by atoms with Crippen LogP contribution in [0.3, 0.4) is 0 Å². The van der Waals surface area contributed by atoms with E-state index in [4.69, 9.17) is 9.56 Å². The van der Waals surface area contributed by atoms with Gasteiger partial charge in [-0.05, 0) is 34.1 Å². The van der Waals surface area contributed by atoms with E-state index in [1.54, 1.807) is 13.8 Å². The third kappa shape index (κ3) is 4.62. The van der Waals surface area contributed by atoms with Crippen LogP contribution < -0.4 is 5.73 Å². The van der Waals surface area contributed by atoms with Gasteiger partial charge in [-0.25, -0.2) is 0 Å². The number of carbonyl (C=O) groups excluding carboxylic acids is 1. The standard InChI is InChI=1S/C11H22BrNO2/c1-9(2,7-10(3,4)13)8(14)11(5,6)15-12/h7,13H2,1-6H3. The number of hydrogen-bond donors (Lipinski definition) is 1. The fourth-order valence-electron chi connectivity index (χ4n) is 2.07. The van der Waals surface area contributed by atoms with E-state index in [1.165, 1.54) is 0 Å². The molecule has 0 aliphatic rings. The predicted molar refractivity (Wildman–Crippen MR) is 65.8 cm³/mol. The molecule has 0 aromatic carbocycles. The summed E-state index contributed by atoms with van der Waals surface area (Å²) in [5.74, 6) is 0.0467. The Hall–Kier alpha value is 0.0700. The predicted octanol–water partition coefficient (Wildman–Crippen LogP) is 2.81. The van der Waals surface area contributed by atoms with Gasteiger partial charge in [0.15, 0.2) is 5.78 Å². The third-order valence-corrected chi connectivity index (χ3v) is 3.06. The van der Waals surface area contributed by atoms with Crippen LogP contribution in [-0.2, 0) is 8.62 Å². The SMILES string of the molecule is CC(C)(N)CC(C)(C)C(=O)C(C)(C)OBr. The van der Waals surface area contributed by atoms with Gasteiger partial charge in [-0.15, -0.1) is 0 Å². The summed E-state index contributed by atoms with van der Waals surface area (Å²) in [6.45, 7) is 11.1. The van der Waals surface area contributed by atoms with Crippen LogP contribution in [0.1, 0.15) is 48.0 Å². The molecule has 0 saturated heterocycles. The van der Waals surface area contributed by atoms with Gasteiger partial charge in [0.25, 0.3) is 0 Å². The molecule has 2 N–H and O–H groups in total. The largest absolute Gasteiger partial charge is 0.326 e. The van der Waals surface area contributed by atoms with Crippen molar-refractivity contribution in [1.82, 2.24) is 0 Å². The lowest BCUT2D eigenvalue weighted by atomic mass is 9.73. The molecule has 0 aliphatic heterocycles. The third-order valence-electron chi connectivity index (χ3n) is 2.25. The molecule has 0 saturated carbocycles. The maximum Gasteiger partial charge on any atom is 0.170 e. The van der Waals surface area contributed by atoms with Crippen LogP contribution in [0, 0.1) is 5.41 Å². The molecule has 0 fully saturated rings. The van der Waals surface area contributed by atoms with Crippen LogP contribution in [0.4, 0.5) is 0 Å². The first-order valence-electron chi connectivity index (χ1n) is 5.06. The minimum atomic E-state index is -0.825. The molecule has 0 aromatic rings. The first-order chi connectivity index (χ1) is 6.42. The second-order valence-corrected chi connectivity index (χ2v) is 6.29. The smallest absolute Gasteiger partial charge is 0.170 e. The zero-order chi connectivity index (χ0) is 12.5. The summed E-state index contributed by atoms with van der Waals surface area (Å²) in [6.07, 6.45) is 0.624. The molecule has 0 amide bonds. The van der Waals surface area contributed by atoms with Crippen molar-refractivity contribution in [1.29, 1.82) is 0 Å². The monoisotopic (exact) mass is 279 g/mol. The summed E-state index contributed by atoms with van der Waals surface area (Å²) < 4.78 is 5.02. The second-order valence-electron chi connectivity index (χ2n) is 5.97. The van der Waals surface area contributed by atoms with Gasteiger partial charge in [-0.3, -0.25) is 8.62 Å². The van der Waals surface area contributed by atoms with Crippen molar-refractivity contribution in [3.8, 4) is 0 Å². The van der Waals surface area contributed by atoms with Gasteiger partial charge in [-0.1, -0.05) is 13.8 Å². The molecule has 3 nitrogen and oxygen atoms in total. The molecule has 0 atom stereocenters. The molecule has 0 aliphatic carbocycles. The fourth-order valence-corrected chi connectivity index (χ4v) is 2.22. The molecule has 90 valence electrons. The van der Waals surface area contributed by atoms with Gasteiger partial charge in [0.2, 0.25) is 0 Å². The Bertz CT molecular complexity index is 241. The van der Waals surface area contributed by atoms with Gasteiger partial charge in [0.05, 0.1) is 16.3 Å². The number of hydrogen-bond acceptors (Lipinski definition) is 3. The molecule has 0 radical (unpaired) electrons. The first-order valence-corrected chi connectivity index (χ1v) is 5.71. The Morgan fingerprint density at radius 2 is 1.60 bits per heavy atom. The molecule has 4 heteroatoms. The molecule has 0 heterocycles. The highest BCUT2D eigenvalue weighted by molar-refractivity contribution is 9.06. The Morgan fingerprint density at radius 1 is 1.20 bits per heavy atom. The molecule has 0 aromatic heterocycles. The van der Waals surface area contributed by atoms with E-state index in [-0.39, 0.29) is 11.3 Å². The molecule has 0 rings (SSSR count). The van der Waals surface area contributed by atoms with Crippen LogP contribution in [0.15, 0.2) is 0 Å². The van der Waals surface area contributed by atoms with Gasteiger partial charge in [0, 0.05) is 11.0 Å². The normalized spacial score (nSPS) is 14.1. The minimum Gasteiger partial charge on any atom is -0.326 e. The van der Waals surface area contributed by atoms with Crippen molar-refractivity contribution < 1.29 is 8.62 Å². The zero-order valence-electron chi connectivity index (χ0n) is 10.5. The quantitative estimate of drug-likeness (QED) is 0.842. The lowest BCUT2D eigenvalue weighted by Crippen LogP contribution is -2.47. The van der Waals surface area contributed by atoms with Crippen LogP contribution in [0.5, 0.6) is 0 Å². The van der Waals surface area contributed by atoms with E-state index >= 15 is 0 Å². The average Bonchev–Trinajstić information content (AvgIpc) is 1.98. The van der Waals surface area contributed by atoms with E-state index in [9.17, 15) is 4.79 Å². The van der Waals surface area contributed by atoms with Crippen molar-refractivity contribution in [3.05, 3.63) is 0 Å². The van der Waals surface area contributed by atoms with E-state index in [0.29, 0.717) is 6.42 Å². The maximum atomic E-state index is 12.2. The highest BCUT2D eigenvalue weighted by Gasteiger charge is 2.41. The highest BCUT2D eigenvalue weighted by Crippen LogP contribution is 2.33. The van der Waals surface area contributed by atoms with Gasteiger partial charge < -0.3 is 5.73 Å². The molecule has 0 bridgehead atoms. The lowest BCUT2D eigenvalue weighted by Gasteiger charge is -2.35. The number of rotatable bonds is 5. The number of nitrogens with two attached hydrogens (primary N) is 1. The minimum absolute atomic E-state index is 0.0467. The van der Waals surface area contributed by atoms with E-state index in [0.717, 1.165) is 0 Å². The van der Waals surface area contributed by atoms with Gasteiger partial charge in [-0.2, -0.15) is 0 Å². The van der Waals surface area contributed by atoms with E-state index in [1.807, 2.05) is 27.7 Å². The van der Waals surface area contributed by atoms with E-state index < -0.39 is 11.0 Å². The fraction of sp³-hybridized carbons (Fsp3) is 0.909. The van der Waals surface area contributed by atoms with Crippen molar-refractivity contribution in [2.24, 2.45) is 11.1 Å². The number of carbonyl (C=O) groups is 1. The Morgan fingerprint density at radius 3 is 1.87 bits per heavy atom. The summed E-state index contributed by atoms with van der Waals surface area (Å²) in [6, 6.07) is 0. The Labute approximate surface area is 101 Å². The van der Waals surface area contributed by atoms with Crippen molar-refractivity contribution in [2.45, 2.75) is 59.1 Å². The summed E-state index contributed by atoms with van der Waals surface area (Å²) in [7, 11) is 0. The van der Waals surface area contributed by atoms with Gasteiger partial charge >= 0.3 is 0 Å².